The lowest BCUT2D eigenvalue weighted by molar-refractivity contribution is -0.123. The molecule has 0 aromatic heterocycles. The zero-order chi connectivity index (χ0) is 16.4. The number of hydrogen-bond acceptors (Lipinski definition) is 3. The summed E-state index contributed by atoms with van der Waals surface area (Å²) >= 11 is 0. The third kappa shape index (κ3) is 3.70. The molecule has 0 atom stereocenters. The monoisotopic (exact) mass is 323 g/mol. The molecule has 1 aromatic carbocycles. The van der Waals surface area contributed by atoms with Crippen molar-refractivity contribution in [2.75, 3.05) is 39.3 Å². The number of carbonyl (C=O) groups is 1. The van der Waals surface area contributed by atoms with Gasteiger partial charge in [-0.25, -0.2) is 8.78 Å². The second-order valence-corrected chi connectivity index (χ2v) is 6.46. The van der Waals surface area contributed by atoms with E-state index < -0.39 is 17.2 Å². The van der Waals surface area contributed by atoms with E-state index in [1.54, 1.807) is 0 Å². The predicted molar refractivity (Wildman–Crippen MR) is 84.0 cm³/mol. The van der Waals surface area contributed by atoms with E-state index in [4.69, 9.17) is 0 Å². The number of benzene rings is 1. The number of rotatable bonds is 5. The lowest BCUT2D eigenvalue weighted by Gasteiger charge is -2.33. The van der Waals surface area contributed by atoms with Crippen LogP contribution in [0.3, 0.4) is 0 Å². The molecule has 2 aliphatic rings. The van der Waals surface area contributed by atoms with Crippen molar-refractivity contribution >= 4 is 5.91 Å². The van der Waals surface area contributed by atoms with Crippen LogP contribution in [0.4, 0.5) is 8.78 Å². The van der Waals surface area contributed by atoms with E-state index in [0.717, 1.165) is 44.9 Å². The molecule has 1 aliphatic carbocycles. The van der Waals surface area contributed by atoms with E-state index in [1.807, 2.05) is 0 Å². The molecule has 1 amide bonds. The molecule has 126 valence electrons. The van der Waals surface area contributed by atoms with E-state index in [1.165, 1.54) is 6.07 Å². The summed E-state index contributed by atoms with van der Waals surface area (Å²) in [6.45, 7) is 7.14. The Morgan fingerprint density at radius 2 is 1.83 bits per heavy atom. The van der Waals surface area contributed by atoms with Gasteiger partial charge in [-0.05, 0) is 37.6 Å². The highest BCUT2D eigenvalue weighted by Gasteiger charge is 2.47. The maximum absolute atomic E-state index is 14.0. The Hall–Kier alpha value is -1.53. The van der Waals surface area contributed by atoms with Gasteiger partial charge in [0.25, 0.3) is 0 Å². The number of halogens is 2. The molecule has 1 saturated carbocycles. The largest absolute Gasteiger partial charge is 0.345 e. The summed E-state index contributed by atoms with van der Waals surface area (Å²) in [5.41, 5.74) is -0.448. The fourth-order valence-corrected chi connectivity index (χ4v) is 3.22. The first-order valence-corrected chi connectivity index (χ1v) is 8.24. The summed E-state index contributed by atoms with van der Waals surface area (Å²) in [7, 11) is 0. The van der Waals surface area contributed by atoms with Crippen molar-refractivity contribution in [3.05, 3.63) is 35.4 Å². The van der Waals surface area contributed by atoms with Gasteiger partial charge in [0.1, 0.15) is 11.6 Å². The van der Waals surface area contributed by atoms with Gasteiger partial charge in [-0.2, -0.15) is 0 Å². The van der Waals surface area contributed by atoms with Crippen LogP contribution in [0, 0.1) is 11.6 Å². The number of nitrogens with one attached hydrogen (secondary N) is 1. The summed E-state index contributed by atoms with van der Waals surface area (Å²) in [6.07, 6.45) is 1.31. The topological polar surface area (TPSA) is 35.6 Å². The number of hydrogen-bond donors (Lipinski definition) is 1. The first-order valence-electron chi connectivity index (χ1n) is 8.24. The van der Waals surface area contributed by atoms with Gasteiger partial charge in [-0.15, -0.1) is 0 Å². The summed E-state index contributed by atoms with van der Waals surface area (Å²) < 4.78 is 27.4. The molecular formula is C17H23F2N3O. The average Bonchev–Trinajstić information content (AvgIpc) is 3.31. The minimum absolute atomic E-state index is 0.115. The highest BCUT2D eigenvalue weighted by molar-refractivity contribution is 5.79. The maximum atomic E-state index is 14.0. The van der Waals surface area contributed by atoms with Crippen LogP contribution in [0.25, 0.3) is 0 Å². The van der Waals surface area contributed by atoms with Gasteiger partial charge in [0.15, 0.2) is 0 Å². The van der Waals surface area contributed by atoms with E-state index in [2.05, 4.69) is 22.0 Å². The Morgan fingerprint density at radius 1 is 1.17 bits per heavy atom. The third-order valence-corrected chi connectivity index (χ3v) is 4.85. The third-order valence-electron chi connectivity index (χ3n) is 4.85. The Bertz CT molecular complexity index is 581. The summed E-state index contributed by atoms with van der Waals surface area (Å²) in [5, 5.41) is 2.92. The number of likely N-dealkylation sites (N-methyl/N-ethyl adjacent to an activating group) is 1. The number of carbonyl (C=O) groups excluding carboxylic acids is 1. The Balaban J connectivity index is 1.58. The Kier molecular flexibility index (Phi) is 4.64. The summed E-state index contributed by atoms with van der Waals surface area (Å²) in [6, 6.07) is 3.42. The Morgan fingerprint density at radius 3 is 2.43 bits per heavy atom. The van der Waals surface area contributed by atoms with Crippen LogP contribution in [-0.4, -0.2) is 55.0 Å². The van der Waals surface area contributed by atoms with Crippen molar-refractivity contribution in [3.63, 3.8) is 0 Å². The van der Waals surface area contributed by atoms with Crippen molar-refractivity contribution in [1.29, 1.82) is 0 Å². The van der Waals surface area contributed by atoms with Gasteiger partial charge >= 0.3 is 0 Å². The Labute approximate surface area is 135 Å². The average molecular weight is 323 g/mol. The molecule has 0 unspecified atom stereocenters. The highest BCUT2D eigenvalue weighted by Crippen LogP contribution is 2.46. The van der Waals surface area contributed by atoms with Crippen molar-refractivity contribution < 1.29 is 13.6 Å². The van der Waals surface area contributed by atoms with Gasteiger partial charge in [0.05, 0.1) is 12.1 Å². The second-order valence-electron chi connectivity index (χ2n) is 6.46. The molecule has 0 radical (unpaired) electrons. The van der Waals surface area contributed by atoms with Crippen LogP contribution in [0.1, 0.15) is 25.3 Å². The maximum Gasteiger partial charge on any atom is 0.234 e. The quantitative estimate of drug-likeness (QED) is 0.896. The molecule has 2 fully saturated rings. The molecule has 23 heavy (non-hydrogen) atoms. The van der Waals surface area contributed by atoms with E-state index in [0.29, 0.717) is 19.4 Å². The fraction of sp³-hybridized carbons (Fsp3) is 0.588. The van der Waals surface area contributed by atoms with Gasteiger partial charge < -0.3 is 10.2 Å². The number of piperazine rings is 1. The van der Waals surface area contributed by atoms with Crippen LogP contribution in [0.15, 0.2) is 18.2 Å². The smallest absolute Gasteiger partial charge is 0.234 e. The van der Waals surface area contributed by atoms with Gasteiger partial charge in [-0.3, -0.25) is 9.69 Å². The summed E-state index contributed by atoms with van der Waals surface area (Å²) in [5.74, 6) is -1.05. The van der Waals surface area contributed by atoms with E-state index in [-0.39, 0.29) is 11.5 Å². The highest BCUT2D eigenvalue weighted by atomic mass is 19.1. The molecule has 0 spiro atoms. The molecule has 1 saturated heterocycles. The lowest BCUT2D eigenvalue weighted by atomic mass is 10.0. The molecule has 0 bridgehead atoms. The molecule has 1 heterocycles. The molecule has 4 nitrogen and oxygen atoms in total. The first kappa shape index (κ1) is 16.3. The van der Waals surface area contributed by atoms with Crippen LogP contribution >= 0.6 is 0 Å². The molecule has 3 rings (SSSR count). The van der Waals surface area contributed by atoms with Crippen LogP contribution in [0.5, 0.6) is 0 Å². The van der Waals surface area contributed by atoms with E-state index in [9.17, 15) is 13.6 Å². The van der Waals surface area contributed by atoms with Crippen molar-refractivity contribution in [3.8, 4) is 0 Å². The van der Waals surface area contributed by atoms with Crippen molar-refractivity contribution in [1.82, 2.24) is 15.1 Å². The predicted octanol–water partition coefficient (Wildman–Crippen LogP) is 1.71. The van der Waals surface area contributed by atoms with Gasteiger partial charge in [0, 0.05) is 31.7 Å². The van der Waals surface area contributed by atoms with Crippen LogP contribution in [-0.2, 0) is 10.3 Å². The second kappa shape index (κ2) is 6.53. The first-order chi connectivity index (χ1) is 11.0. The molecule has 1 N–H and O–H groups in total. The molecule has 6 heteroatoms. The minimum atomic E-state index is -0.714. The normalized spacial score (nSPS) is 21.2. The fourth-order valence-electron chi connectivity index (χ4n) is 3.22. The summed E-state index contributed by atoms with van der Waals surface area (Å²) in [4.78, 5) is 16.8. The SMILES string of the molecule is CCN1CCN(CC(=O)NC2(c3cc(F)ccc3F)CC2)CC1. The van der Waals surface area contributed by atoms with Crippen LogP contribution in [0.2, 0.25) is 0 Å². The zero-order valence-corrected chi connectivity index (χ0v) is 13.4. The standard InChI is InChI=1S/C17H23F2N3O/c1-2-21-7-9-22(10-8-21)12-16(23)20-17(5-6-17)14-11-13(18)3-4-15(14)19/h3-4,11H,2,5-10,12H2,1H3,(H,20,23). The minimum Gasteiger partial charge on any atom is -0.345 e. The van der Waals surface area contributed by atoms with Crippen LogP contribution < -0.4 is 5.32 Å². The van der Waals surface area contributed by atoms with E-state index >= 15 is 0 Å². The zero-order valence-electron chi connectivity index (χ0n) is 13.4. The van der Waals surface area contributed by atoms with Gasteiger partial charge in [-0.1, -0.05) is 6.92 Å². The number of amides is 1. The molecule has 1 aliphatic heterocycles. The van der Waals surface area contributed by atoms with Crippen molar-refractivity contribution in [2.45, 2.75) is 25.3 Å². The van der Waals surface area contributed by atoms with Crippen molar-refractivity contribution in [2.24, 2.45) is 0 Å². The van der Waals surface area contributed by atoms with Gasteiger partial charge in [0.2, 0.25) is 5.91 Å². The number of nitrogens with zero attached hydrogens (tertiary/aromatic N) is 2. The lowest BCUT2D eigenvalue weighted by Crippen LogP contribution is -2.50. The molecule has 1 aromatic rings. The molecular weight excluding hydrogens is 300 g/mol.